The number of aromatic amines is 1. The minimum absolute atomic E-state index is 0.000899. The van der Waals surface area contributed by atoms with Crippen LogP contribution in [0.5, 0.6) is 0 Å². The quantitative estimate of drug-likeness (QED) is 0.908. The monoisotopic (exact) mass is 320 g/mol. The van der Waals surface area contributed by atoms with Gasteiger partial charge in [0.05, 0.1) is 0 Å². The molecule has 4 heterocycles. The topological polar surface area (TPSA) is 69.3 Å². The van der Waals surface area contributed by atoms with Gasteiger partial charge in [-0.3, -0.25) is 4.90 Å². The summed E-state index contributed by atoms with van der Waals surface area (Å²) < 4.78 is 27.9. The van der Waals surface area contributed by atoms with E-state index in [2.05, 4.69) is 14.9 Å². The SMILES string of the molecule is C[C@H]1CN2CCC[C@@H]2CN1S(=O)(=O)c1c[nH]c2ncccc12. The lowest BCUT2D eigenvalue weighted by Crippen LogP contribution is -2.56. The van der Waals surface area contributed by atoms with Crippen molar-refractivity contribution in [2.24, 2.45) is 0 Å². The van der Waals surface area contributed by atoms with Gasteiger partial charge in [-0.25, -0.2) is 13.4 Å². The first-order valence-electron chi connectivity index (χ1n) is 7.75. The van der Waals surface area contributed by atoms with Gasteiger partial charge < -0.3 is 4.98 Å². The summed E-state index contributed by atoms with van der Waals surface area (Å²) in [6.45, 7) is 4.51. The molecule has 0 amide bonds. The molecule has 2 aliphatic heterocycles. The number of aromatic nitrogens is 2. The molecule has 0 aliphatic carbocycles. The number of hydrogen-bond acceptors (Lipinski definition) is 4. The Morgan fingerprint density at radius 2 is 2.23 bits per heavy atom. The van der Waals surface area contributed by atoms with E-state index in [1.165, 1.54) is 6.42 Å². The third-order valence-electron chi connectivity index (χ3n) is 4.88. The molecule has 7 heteroatoms. The third kappa shape index (κ3) is 2.07. The average molecular weight is 320 g/mol. The highest BCUT2D eigenvalue weighted by molar-refractivity contribution is 7.89. The van der Waals surface area contributed by atoms with E-state index in [1.807, 2.05) is 13.0 Å². The predicted octanol–water partition coefficient (Wildman–Crippen LogP) is 1.42. The number of hydrogen-bond donors (Lipinski definition) is 1. The Labute approximate surface area is 130 Å². The lowest BCUT2D eigenvalue weighted by molar-refractivity contribution is 0.117. The lowest BCUT2D eigenvalue weighted by Gasteiger charge is -2.41. The molecule has 0 radical (unpaired) electrons. The van der Waals surface area contributed by atoms with Crippen molar-refractivity contribution in [1.29, 1.82) is 0 Å². The minimum Gasteiger partial charge on any atom is -0.345 e. The van der Waals surface area contributed by atoms with E-state index in [0.29, 0.717) is 28.5 Å². The van der Waals surface area contributed by atoms with Gasteiger partial charge in [0.2, 0.25) is 10.0 Å². The van der Waals surface area contributed by atoms with Crippen LogP contribution in [0, 0.1) is 0 Å². The van der Waals surface area contributed by atoms with Crippen LogP contribution in [0.4, 0.5) is 0 Å². The molecular weight excluding hydrogens is 300 g/mol. The van der Waals surface area contributed by atoms with E-state index in [-0.39, 0.29) is 6.04 Å². The summed E-state index contributed by atoms with van der Waals surface area (Å²) in [5.74, 6) is 0. The summed E-state index contributed by atoms with van der Waals surface area (Å²) in [6.07, 6.45) is 5.49. The summed E-state index contributed by atoms with van der Waals surface area (Å²) in [6, 6.07) is 3.95. The fraction of sp³-hybridized carbons (Fsp3) is 0.533. The van der Waals surface area contributed by atoms with Crippen LogP contribution in [0.25, 0.3) is 11.0 Å². The maximum absolute atomic E-state index is 13.1. The van der Waals surface area contributed by atoms with Crippen molar-refractivity contribution in [2.45, 2.75) is 36.7 Å². The Bertz CT molecular complexity index is 801. The molecule has 2 atom stereocenters. The van der Waals surface area contributed by atoms with Crippen LogP contribution in [0.15, 0.2) is 29.4 Å². The third-order valence-corrected chi connectivity index (χ3v) is 6.90. The van der Waals surface area contributed by atoms with Gasteiger partial charge in [-0.1, -0.05) is 0 Å². The van der Waals surface area contributed by atoms with Gasteiger partial charge in [0.15, 0.2) is 0 Å². The highest BCUT2D eigenvalue weighted by Gasteiger charge is 2.40. The van der Waals surface area contributed by atoms with Crippen LogP contribution < -0.4 is 0 Å². The summed E-state index contributed by atoms with van der Waals surface area (Å²) in [5, 5.41) is 0.670. The van der Waals surface area contributed by atoms with Crippen LogP contribution in [-0.4, -0.2) is 59.3 Å². The molecule has 0 aromatic carbocycles. The molecule has 2 saturated heterocycles. The Morgan fingerprint density at radius 1 is 1.36 bits per heavy atom. The molecule has 2 aromatic heterocycles. The molecule has 2 aromatic rings. The van der Waals surface area contributed by atoms with Crippen molar-refractivity contribution in [2.75, 3.05) is 19.6 Å². The number of nitrogens with one attached hydrogen (secondary N) is 1. The Kier molecular flexibility index (Phi) is 3.25. The van der Waals surface area contributed by atoms with Gasteiger partial charge in [0, 0.05) is 43.0 Å². The second-order valence-electron chi connectivity index (χ2n) is 6.27. The number of rotatable bonds is 2. The first kappa shape index (κ1) is 14.2. The van der Waals surface area contributed by atoms with Crippen LogP contribution in [0.3, 0.4) is 0 Å². The maximum atomic E-state index is 13.1. The van der Waals surface area contributed by atoms with Crippen molar-refractivity contribution >= 4 is 21.1 Å². The second-order valence-corrected chi connectivity index (χ2v) is 8.13. The van der Waals surface area contributed by atoms with E-state index < -0.39 is 10.0 Å². The molecule has 4 rings (SSSR count). The molecule has 0 bridgehead atoms. The molecule has 2 aliphatic rings. The number of nitrogens with zero attached hydrogens (tertiary/aromatic N) is 3. The molecule has 118 valence electrons. The van der Waals surface area contributed by atoms with Crippen LogP contribution >= 0.6 is 0 Å². The normalized spacial score (nSPS) is 27.3. The summed E-state index contributed by atoms with van der Waals surface area (Å²) in [5.41, 5.74) is 0.619. The molecule has 0 spiro atoms. The number of pyridine rings is 1. The minimum atomic E-state index is -3.50. The number of H-pyrrole nitrogens is 1. The molecular formula is C15H20N4O2S. The highest BCUT2D eigenvalue weighted by atomic mass is 32.2. The predicted molar refractivity (Wildman–Crippen MR) is 84.0 cm³/mol. The van der Waals surface area contributed by atoms with Crippen molar-refractivity contribution in [1.82, 2.24) is 19.2 Å². The van der Waals surface area contributed by atoms with Gasteiger partial charge in [0.25, 0.3) is 0 Å². The average Bonchev–Trinajstić information content (AvgIpc) is 3.12. The van der Waals surface area contributed by atoms with Gasteiger partial charge in [-0.05, 0) is 38.4 Å². The molecule has 1 N–H and O–H groups in total. The van der Waals surface area contributed by atoms with Crippen LogP contribution in [0.1, 0.15) is 19.8 Å². The number of piperazine rings is 1. The van der Waals surface area contributed by atoms with Crippen molar-refractivity contribution in [3.63, 3.8) is 0 Å². The maximum Gasteiger partial charge on any atom is 0.245 e. The summed E-state index contributed by atoms with van der Waals surface area (Å²) in [4.78, 5) is 9.92. The van der Waals surface area contributed by atoms with Gasteiger partial charge in [-0.2, -0.15) is 4.31 Å². The van der Waals surface area contributed by atoms with Gasteiger partial charge in [0.1, 0.15) is 10.5 Å². The van der Waals surface area contributed by atoms with Crippen LogP contribution in [0.2, 0.25) is 0 Å². The lowest BCUT2D eigenvalue weighted by atomic mass is 10.1. The van der Waals surface area contributed by atoms with Gasteiger partial charge >= 0.3 is 0 Å². The zero-order chi connectivity index (χ0) is 15.3. The van der Waals surface area contributed by atoms with Gasteiger partial charge in [-0.15, -0.1) is 0 Å². The standard InChI is InChI=1S/C15H20N4O2S/c1-11-9-18-7-3-4-12(18)10-19(11)22(20,21)14-8-17-15-13(14)5-2-6-16-15/h2,5-6,8,11-12H,3-4,7,9-10H2,1H3,(H,16,17)/t11-,12+/m0/s1. The molecule has 22 heavy (non-hydrogen) atoms. The number of sulfonamides is 1. The Morgan fingerprint density at radius 3 is 3.09 bits per heavy atom. The smallest absolute Gasteiger partial charge is 0.245 e. The zero-order valence-corrected chi connectivity index (χ0v) is 13.4. The van der Waals surface area contributed by atoms with Crippen molar-refractivity contribution in [3.05, 3.63) is 24.5 Å². The summed E-state index contributed by atoms with van der Waals surface area (Å²) in [7, 11) is -3.50. The fourth-order valence-electron chi connectivity index (χ4n) is 3.77. The Hall–Kier alpha value is -1.44. The van der Waals surface area contributed by atoms with E-state index in [4.69, 9.17) is 0 Å². The highest BCUT2D eigenvalue weighted by Crippen LogP contribution is 2.31. The van der Waals surface area contributed by atoms with Crippen molar-refractivity contribution in [3.8, 4) is 0 Å². The van der Waals surface area contributed by atoms with Crippen LogP contribution in [-0.2, 0) is 10.0 Å². The zero-order valence-electron chi connectivity index (χ0n) is 12.6. The first-order valence-corrected chi connectivity index (χ1v) is 9.19. The van der Waals surface area contributed by atoms with E-state index in [1.54, 1.807) is 22.8 Å². The fourth-order valence-corrected chi connectivity index (χ4v) is 5.58. The van der Waals surface area contributed by atoms with E-state index in [0.717, 1.165) is 19.5 Å². The van der Waals surface area contributed by atoms with E-state index in [9.17, 15) is 8.42 Å². The second kappa shape index (κ2) is 5.04. The molecule has 2 fully saturated rings. The Balaban J connectivity index is 1.74. The first-order chi connectivity index (χ1) is 10.6. The largest absolute Gasteiger partial charge is 0.345 e. The molecule has 0 saturated carbocycles. The number of fused-ring (bicyclic) bond motifs is 2. The van der Waals surface area contributed by atoms with E-state index >= 15 is 0 Å². The molecule has 6 nitrogen and oxygen atoms in total. The summed E-state index contributed by atoms with van der Waals surface area (Å²) >= 11 is 0. The van der Waals surface area contributed by atoms with Crippen molar-refractivity contribution < 1.29 is 8.42 Å². The molecule has 0 unspecified atom stereocenters.